The van der Waals surface area contributed by atoms with Crippen LogP contribution in [0, 0.1) is 17.5 Å². The van der Waals surface area contributed by atoms with Crippen LogP contribution in [0.4, 0.5) is 18.0 Å². The number of hydrogen-bond acceptors (Lipinski definition) is 1. The average molecular weight is 334 g/mol. The van der Waals surface area contributed by atoms with Gasteiger partial charge in [-0.3, -0.25) is 0 Å². The Morgan fingerprint density at radius 2 is 1.75 bits per heavy atom. The molecule has 0 saturated heterocycles. The van der Waals surface area contributed by atoms with Gasteiger partial charge in [0.2, 0.25) is 0 Å². The van der Waals surface area contributed by atoms with Crippen LogP contribution in [0.3, 0.4) is 0 Å². The maximum atomic E-state index is 13.8. The summed E-state index contributed by atoms with van der Waals surface area (Å²) in [5.41, 5.74) is 0.777. The highest BCUT2D eigenvalue weighted by molar-refractivity contribution is 5.75. The lowest BCUT2D eigenvalue weighted by molar-refractivity contribution is 0.191. The van der Waals surface area contributed by atoms with E-state index in [-0.39, 0.29) is 31.0 Å². The molecular weight excluding hydrogens is 317 g/mol. The summed E-state index contributed by atoms with van der Waals surface area (Å²) in [6.45, 7) is 0.175. The molecule has 0 heterocycles. The molecule has 2 aromatic rings. The van der Waals surface area contributed by atoms with E-state index in [0.717, 1.165) is 18.9 Å². The molecule has 0 spiro atoms. The Hall–Kier alpha value is -2.50. The smallest absolute Gasteiger partial charge is 0.318 e. The molecular formula is C18H17F3N2O. The zero-order valence-corrected chi connectivity index (χ0v) is 12.9. The monoisotopic (exact) mass is 334 g/mol. The van der Waals surface area contributed by atoms with Crippen LogP contribution in [0.1, 0.15) is 24.0 Å². The lowest BCUT2D eigenvalue weighted by atomic mass is 10.2. The molecule has 1 fully saturated rings. The van der Waals surface area contributed by atoms with Gasteiger partial charge in [0, 0.05) is 24.2 Å². The summed E-state index contributed by atoms with van der Waals surface area (Å²) in [7, 11) is 0. The zero-order valence-electron chi connectivity index (χ0n) is 12.9. The number of rotatable bonds is 5. The molecule has 0 bridgehead atoms. The van der Waals surface area contributed by atoms with E-state index in [1.54, 1.807) is 23.1 Å². The Kier molecular flexibility index (Phi) is 4.74. The standard InChI is InChI=1S/C18H17F3N2O/c19-14-7-12(8-15(20)9-14)10-22-18(24)23(16-5-6-16)11-13-3-1-2-4-17(13)21/h1-4,7-9,16H,5-6,10-11H2,(H,22,24). The minimum atomic E-state index is -0.690. The third kappa shape index (κ3) is 4.07. The topological polar surface area (TPSA) is 32.3 Å². The molecule has 1 aliphatic rings. The minimum Gasteiger partial charge on any atom is -0.334 e. The Labute approximate surface area is 138 Å². The third-order valence-electron chi connectivity index (χ3n) is 3.91. The summed E-state index contributed by atoms with van der Waals surface area (Å²) in [6.07, 6.45) is 1.74. The van der Waals surface area contributed by atoms with Crippen LogP contribution in [0.25, 0.3) is 0 Å². The first kappa shape index (κ1) is 16.4. The molecule has 3 rings (SSSR count). The summed E-state index contributed by atoms with van der Waals surface area (Å²) in [5, 5.41) is 2.65. The Bertz CT molecular complexity index is 727. The molecule has 1 aliphatic carbocycles. The first-order chi connectivity index (χ1) is 11.5. The number of carbonyl (C=O) groups excluding carboxylic acids is 1. The fourth-order valence-electron chi connectivity index (χ4n) is 2.56. The fourth-order valence-corrected chi connectivity index (χ4v) is 2.56. The van der Waals surface area contributed by atoms with Gasteiger partial charge in [-0.1, -0.05) is 18.2 Å². The SMILES string of the molecule is O=C(NCc1cc(F)cc(F)c1)N(Cc1ccccc1F)C1CC1. The number of hydrogen-bond donors (Lipinski definition) is 1. The molecule has 0 aliphatic heterocycles. The first-order valence-electron chi connectivity index (χ1n) is 7.76. The van der Waals surface area contributed by atoms with Crippen molar-refractivity contribution in [1.29, 1.82) is 0 Å². The Balaban J connectivity index is 1.65. The number of nitrogens with zero attached hydrogens (tertiary/aromatic N) is 1. The Morgan fingerprint density at radius 1 is 1.08 bits per heavy atom. The van der Waals surface area contributed by atoms with Crippen LogP contribution in [0.5, 0.6) is 0 Å². The van der Waals surface area contributed by atoms with Crippen LogP contribution < -0.4 is 5.32 Å². The van der Waals surface area contributed by atoms with E-state index in [4.69, 9.17) is 0 Å². The van der Waals surface area contributed by atoms with E-state index in [0.29, 0.717) is 11.1 Å². The maximum absolute atomic E-state index is 13.8. The van der Waals surface area contributed by atoms with Gasteiger partial charge in [0.15, 0.2) is 0 Å². The summed E-state index contributed by atoms with van der Waals surface area (Å²) >= 11 is 0. The Morgan fingerprint density at radius 3 is 2.38 bits per heavy atom. The number of amides is 2. The molecule has 126 valence electrons. The van der Waals surface area contributed by atoms with E-state index < -0.39 is 11.6 Å². The van der Waals surface area contributed by atoms with Crippen molar-refractivity contribution in [3.8, 4) is 0 Å². The van der Waals surface area contributed by atoms with Crippen molar-refractivity contribution < 1.29 is 18.0 Å². The van der Waals surface area contributed by atoms with Gasteiger partial charge >= 0.3 is 6.03 Å². The van der Waals surface area contributed by atoms with Crippen molar-refractivity contribution in [3.63, 3.8) is 0 Å². The first-order valence-corrected chi connectivity index (χ1v) is 7.76. The molecule has 0 aromatic heterocycles. The average Bonchev–Trinajstić information content (AvgIpc) is 3.36. The number of carbonyl (C=O) groups is 1. The lowest BCUT2D eigenvalue weighted by Gasteiger charge is -2.23. The second kappa shape index (κ2) is 6.95. The highest BCUT2D eigenvalue weighted by Crippen LogP contribution is 2.28. The second-order valence-electron chi connectivity index (χ2n) is 5.89. The maximum Gasteiger partial charge on any atom is 0.318 e. The van der Waals surface area contributed by atoms with Gasteiger partial charge in [0.05, 0.1) is 6.54 Å². The van der Waals surface area contributed by atoms with Crippen LogP contribution in [-0.2, 0) is 13.1 Å². The number of urea groups is 1. The molecule has 0 unspecified atom stereocenters. The normalized spacial score (nSPS) is 13.6. The van der Waals surface area contributed by atoms with Crippen molar-refractivity contribution in [2.75, 3.05) is 0 Å². The molecule has 2 aromatic carbocycles. The predicted octanol–water partition coefficient (Wildman–Crippen LogP) is 3.98. The van der Waals surface area contributed by atoms with Crippen molar-refractivity contribution in [2.45, 2.75) is 32.0 Å². The number of benzene rings is 2. The van der Waals surface area contributed by atoms with Gasteiger partial charge < -0.3 is 10.2 Å². The minimum absolute atomic E-state index is 0.00794. The van der Waals surface area contributed by atoms with Gasteiger partial charge in [0.1, 0.15) is 17.5 Å². The molecule has 0 radical (unpaired) electrons. The summed E-state index contributed by atoms with van der Waals surface area (Å²) in [6, 6.07) is 9.13. The van der Waals surface area contributed by atoms with Gasteiger partial charge in [0.25, 0.3) is 0 Å². The third-order valence-corrected chi connectivity index (χ3v) is 3.91. The predicted molar refractivity (Wildman–Crippen MR) is 83.6 cm³/mol. The highest BCUT2D eigenvalue weighted by Gasteiger charge is 2.32. The van der Waals surface area contributed by atoms with E-state index in [9.17, 15) is 18.0 Å². The zero-order chi connectivity index (χ0) is 17.1. The lowest BCUT2D eigenvalue weighted by Crippen LogP contribution is -2.40. The molecule has 0 atom stereocenters. The fraction of sp³-hybridized carbons (Fsp3) is 0.278. The van der Waals surface area contributed by atoms with Gasteiger partial charge in [-0.05, 0) is 36.6 Å². The van der Waals surface area contributed by atoms with Crippen LogP contribution >= 0.6 is 0 Å². The van der Waals surface area contributed by atoms with E-state index in [1.807, 2.05) is 0 Å². The largest absolute Gasteiger partial charge is 0.334 e. The molecule has 6 heteroatoms. The number of halogens is 3. The van der Waals surface area contributed by atoms with E-state index in [1.165, 1.54) is 18.2 Å². The number of nitrogens with one attached hydrogen (secondary N) is 1. The quantitative estimate of drug-likeness (QED) is 0.881. The van der Waals surface area contributed by atoms with Gasteiger partial charge in [-0.25, -0.2) is 18.0 Å². The summed E-state index contributed by atoms with van der Waals surface area (Å²) in [4.78, 5) is 14.0. The van der Waals surface area contributed by atoms with Crippen molar-refractivity contribution in [1.82, 2.24) is 10.2 Å². The summed E-state index contributed by atoms with van der Waals surface area (Å²) in [5.74, 6) is -1.74. The van der Waals surface area contributed by atoms with Crippen LogP contribution in [0.2, 0.25) is 0 Å². The van der Waals surface area contributed by atoms with Crippen molar-refractivity contribution >= 4 is 6.03 Å². The summed E-state index contributed by atoms with van der Waals surface area (Å²) < 4.78 is 40.1. The molecule has 1 saturated carbocycles. The van der Waals surface area contributed by atoms with Gasteiger partial charge in [-0.2, -0.15) is 0 Å². The van der Waals surface area contributed by atoms with Crippen molar-refractivity contribution in [2.24, 2.45) is 0 Å². The molecule has 2 amide bonds. The van der Waals surface area contributed by atoms with Crippen LogP contribution in [0.15, 0.2) is 42.5 Å². The molecule has 3 nitrogen and oxygen atoms in total. The van der Waals surface area contributed by atoms with Crippen LogP contribution in [-0.4, -0.2) is 17.0 Å². The molecule has 1 N–H and O–H groups in total. The highest BCUT2D eigenvalue weighted by atomic mass is 19.1. The van der Waals surface area contributed by atoms with E-state index >= 15 is 0 Å². The molecule has 24 heavy (non-hydrogen) atoms. The second-order valence-corrected chi connectivity index (χ2v) is 5.89. The van der Waals surface area contributed by atoms with E-state index in [2.05, 4.69) is 5.32 Å². The van der Waals surface area contributed by atoms with Gasteiger partial charge in [-0.15, -0.1) is 0 Å². The van der Waals surface area contributed by atoms with Crippen molar-refractivity contribution in [3.05, 3.63) is 71.0 Å².